The van der Waals surface area contributed by atoms with Gasteiger partial charge >= 0.3 is 0 Å². The van der Waals surface area contributed by atoms with Crippen molar-refractivity contribution in [1.29, 1.82) is 5.26 Å². The Morgan fingerprint density at radius 1 is 1.18 bits per heavy atom. The molecule has 1 aliphatic carbocycles. The minimum Gasteiger partial charge on any atom is -0.493 e. The third kappa shape index (κ3) is 6.71. The standard InChI is InChI=1S/C22H26N4O.HI/c1-16-6-9-20(21(10-16)27-15-17-7-8-17)14-26-22(24-2)25-13-19-5-3-4-18(11-19)12-23;/h3-6,9-11,17H,7-8,13-15H2,1-2H3,(H2,24,25,26);1H. The van der Waals surface area contributed by atoms with Gasteiger partial charge in [0.05, 0.1) is 18.2 Å². The number of nitrogens with zero attached hydrogens (tertiary/aromatic N) is 2. The number of rotatable bonds is 7. The first-order valence-electron chi connectivity index (χ1n) is 9.34. The predicted octanol–water partition coefficient (Wildman–Crippen LogP) is 4.14. The molecule has 0 saturated heterocycles. The Labute approximate surface area is 184 Å². The van der Waals surface area contributed by atoms with E-state index >= 15 is 0 Å². The van der Waals surface area contributed by atoms with Gasteiger partial charge in [0.15, 0.2) is 5.96 Å². The second-order valence-electron chi connectivity index (χ2n) is 6.96. The number of guanidine groups is 1. The molecule has 0 amide bonds. The summed E-state index contributed by atoms with van der Waals surface area (Å²) in [5, 5.41) is 15.6. The lowest BCUT2D eigenvalue weighted by atomic mass is 10.1. The average Bonchev–Trinajstić information content (AvgIpc) is 3.52. The Hall–Kier alpha value is -2.27. The fraction of sp³-hybridized carbons (Fsp3) is 0.364. The predicted molar refractivity (Wildman–Crippen MR) is 123 cm³/mol. The number of nitrogens with one attached hydrogen (secondary N) is 2. The normalized spacial score (nSPS) is 13.2. The van der Waals surface area contributed by atoms with E-state index in [1.165, 1.54) is 18.4 Å². The molecule has 2 aromatic carbocycles. The summed E-state index contributed by atoms with van der Waals surface area (Å²) in [5.41, 5.74) is 4.02. The van der Waals surface area contributed by atoms with Crippen LogP contribution in [-0.2, 0) is 13.1 Å². The molecule has 6 heteroatoms. The van der Waals surface area contributed by atoms with E-state index in [0.29, 0.717) is 24.6 Å². The van der Waals surface area contributed by atoms with E-state index in [4.69, 9.17) is 10.00 Å². The number of aliphatic imine (C=N–C) groups is 1. The van der Waals surface area contributed by atoms with Gasteiger partial charge in [-0.05, 0) is 55.0 Å². The number of benzene rings is 2. The number of ether oxygens (including phenoxy) is 1. The Kier molecular flexibility index (Phi) is 8.58. The molecule has 0 aromatic heterocycles. The van der Waals surface area contributed by atoms with Gasteiger partial charge in [-0.2, -0.15) is 5.26 Å². The van der Waals surface area contributed by atoms with Crippen LogP contribution in [0.2, 0.25) is 0 Å². The lowest BCUT2D eigenvalue weighted by Crippen LogP contribution is -2.36. The maximum Gasteiger partial charge on any atom is 0.191 e. The van der Waals surface area contributed by atoms with Gasteiger partial charge < -0.3 is 15.4 Å². The van der Waals surface area contributed by atoms with Gasteiger partial charge in [0, 0.05) is 25.7 Å². The zero-order valence-corrected chi connectivity index (χ0v) is 18.7. The third-order valence-electron chi connectivity index (χ3n) is 4.58. The van der Waals surface area contributed by atoms with Gasteiger partial charge in [0.2, 0.25) is 0 Å². The van der Waals surface area contributed by atoms with Crippen LogP contribution in [-0.4, -0.2) is 19.6 Å². The van der Waals surface area contributed by atoms with E-state index in [1.54, 1.807) is 13.1 Å². The summed E-state index contributed by atoms with van der Waals surface area (Å²) in [4.78, 5) is 4.28. The number of aryl methyl sites for hydroxylation is 1. The molecule has 0 atom stereocenters. The summed E-state index contributed by atoms with van der Waals surface area (Å²) < 4.78 is 6.03. The zero-order chi connectivity index (χ0) is 19.1. The van der Waals surface area contributed by atoms with Crippen LogP contribution in [0.25, 0.3) is 0 Å². The molecule has 0 radical (unpaired) electrons. The minimum absolute atomic E-state index is 0. The molecule has 1 aliphatic rings. The van der Waals surface area contributed by atoms with Crippen LogP contribution in [0.3, 0.4) is 0 Å². The topological polar surface area (TPSA) is 69.4 Å². The van der Waals surface area contributed by atoms with Crippen molar-refractivity contribution in [3.05, 3.63) is 64.7 Å². The molecule has 0 unspecified atom stereocenters. The first-order valence-corrected chi connectivity index (χ1v) is 9.34. The van der Waals surface area contributed by atoms with Crippen molar-refractivity contribution >= 4 is 29.9 Å². The van der Waals surface area contributed by atoms with Crippen molar-refractivity contribution < 1.29 is 4.74 Å². The summed E-state index contributed by atoms with van der Waals surface area (Å²) in [6.07, 6.45) is 2.56. The Morgan fingerprint density at radius 2 is 1.96 bits per heavy atom. The first kappa shape index (κ1) is 22.0. The van der Waals surface area contributed by atoms with Crippen LogP contribution < -0.4 is 15.4 Å². The van der Waals surface area contributed by atoms with E-state index in [2.05, 4.69) is 46.8 Å². The molecular formula is C22H27IN4O. The quantitative estimate of drug-likeness (QED) is 0.348. The summed E-state index contributed by atoms with van der Waals surface area (Å²) in [7, 11) is 1.75. The number of hydrogen-bond acceptors (Lipinski definition) is 3. The van der Waals surface area contributed by atoms with E-state index in [1.807, 2.05) is 18.2 Å². The van der Waals surface area contributed by atoms with Gasteiger partial charge in [-0.1, -0.05) is 24.3 Å². The van der Waals surface area contributed by atoms with Crippen molar-refractivity contribution in [1.82, 2.24) is 10.6 Å². The molecular weight excluding hydrogens is 463 g/mol. The third-order valence-corrected chi connectivity index (χ3v) is 4.58. The molecule has 0 aliphatic heterocycles. The Bertz CT molecular complexity index is 856. The lowest BCUT2D eigenvalue weighted by Gasteiger charge is -2.15. The second kappa shape index (κ2) is 10.9. The SMILES string of the molecule is CN=C(NCc1cccc(C#N)c1)NCc1ccc(C)cc1OCC1CC1.I. The molecule has 2 aromatic rings. The van der Waals surface area contributed by atoms with E-state index in [0.717, 1.165) is 29.4 Å². The van der Waals surface area contributed by atoms with Crippen LogP contribution in [0.4, 0.5) is 0 Å². The fourth-order valence-corrected chi connectivity index (χ4v) is 2.77. The van der Waals surface area contributed by atoms with Gasteiger partial charge in [0.1, 0.15) is 5.75 Å². The van der Waals surface area contributed by atoms with Crippen LogP contribution in [0.5, 0.6) is 5.75 Å². The van der Waals surface area contributed by atoms with Crippen LogP contribution in [0, 0.1) is 24.2 Å². The summed E-state index contributed by atoms with van der Waals surface area (Å²) >= 11 is 0. The monoisotopic (exact) mass is 490 g/mol. The highest BCUT2D eigenvalue weighted by molar-refractivity contribution is 14.0. The first-order chi connectivity index (χ1) is 13.2. The molecule has 0 spiro atoms. The minimum atomic E-state index is 0. The van der Waals surface area contributed by atoms with Crippen LogP contribution in [0.15, 0.2) is 47.5 Å². The van der Waals surface area contributed by atoms with Crippen molar-refractivity contribution in [3.8, 4) is 11.8 Å². The van der Waals surface area contributed by atoms with Crippen LogP contribution in [0.1, 0.15) is 35.1 Å². The van der Waals surface area contributed by atoms with Gasteiger partial charge in [-0.15, -0.1) is 24.0 Å². The molecule has 28 heavy (non-hydrogen) atoms. The second-order valence-corrected chi connectivity index (χ2v) is 6.96. The molecule has 3 rings (SSSR count). The smallest absolute Gasteiger partial charge is 0.191 e. The molecule has 5 nitrogen and oxygen atoms in total. The summed E-state index contributed by atoms with van der Waals surface area (Å²) in [6, 6.07) is 16.0. The highest BCUT2D eigenvalue weighted by Crippen LogP contribution is 2.30. The molecule has 1 fully saturated rings. The van der Waals surface area contributed by atoms with Gasteiger partial charge in [-0.25, -0.2) is 0 Å². The van der Waals surface area contributed by atoms with Gasteiger partial charge in [0.25, 0.3) is 0 Å². The van der Waals surface area contributed by atoms with Crippen molar-refractivity contribution in [3.63, 3.8) is 0 Å². The highest BCUT2D eigenvalue weighted by atomic mass is 127. The number of nitriles is 1. The molecule has 148 valence electrons. The number of halogens is 1. The van der Waals surface area contributed by atoms with Crippen LogP contribution >= 0.6 is 24.0 Å². The Balaban J connectivity index is 0.00000280. The fourth-order valence-electron chi connectivity index (χ4n) is 2.77. The molecule has 1 saturated carbocycles. The molecule has 0 bridgehead atoms. The van der Waals surface area contributed by atoms with Crippen molar-refractivity contribution in [2.24, 2.45) is 10.9 Å². The maximum atomic E-state index is 9.00. The average molecular weight is 490 g/mol. The lowest BCUT2D eigenvalue weighted by molar-refractivity contribution is 0.296. The molecule has 0 heterocycles. The van der Waals surface area contributed by atoms with Crippen molar-refractivity contribution in [2.45, 2.75) is 32.9 Å². The zero-order valence-electron chi connectivity index (χ0n) is 16.4. The highest BCUT2D eigenvalue weighted by Gasteiger charge is 2.22. The van der Waals surface area contributed by atoms with Crippen molar-refractivity contribution in [2.75, 3.05) is 13.7 Å². The van der Waals surface area contributed by atoms with E-state index in [9.17, 15) is 0 Å². The summed E-state index contributed by atoms with van der Waals surface area (Å²) in [6.45, 7) is 4.13. The Morgan fingerprint density at radius 3 is 2.68 bits per heavy atom. The van der Waals surface area contributed by atoms with E-state index in [-0.39, 0.29) is 24.0 Å². The molecule has 2 N–H and O–H groups in total. The maximum absolute atomic E-state index is 9.00. The number of hydrogen-bond donors (Lipinski definition) is 2. The summed E-state index contributed by atoms with van der Waals surface area (Å²) in [5.74, 6) is 2.39. The van der Waals surface area contributed by atoms with E-state index < -0.39 is 0 Å². The largest absolute Gasteiger partial charge is 0.493 e. The van der Waals surface area contributed by atoms with Gasteiger partial charge in [-0.3, -0.25) is 4.99 Å².